The number of amides is 1. The molecule has 4 nitrogen and oxygen atoms in total. The van der Waals surface area contributed by atoms with Crippen molar-refractivity contribution >= 4 is 23.1 Å². The highest BCUT2D eigenvalue weighted by Crippen LogP contribution is 2.11. The molecule has 0 aromatic carbocycles. The molecule has 0 saturated heterocycles. The summed E-state index contributed by atoms with van der Waals surface area (Å²) in [5, 5.41) is 5.27. The third-order valence-electron chi connectivity index (χ3n) is 3.03. The fraction of sp³-hybridized carbons (Fsp3) is 0.375. The lowest BCUT2D eigenvalue weighted by Gasteiger charge is -2.17. The first kappa shape index (κ1) is 15.5. The van der Waals surface area contributed by atoms with E-state index < -0.39 is 0 Å². The summed E-state index contributed by atoms with van der Waals surface area (Å²) in [5.41, 5.74) is 0.481. The fourth-order valence-corrected chi connectivity index (χ4v) is 2.66. The number of pyridine rings is 1. The molecule has 0 aliphatic rings. The van der Waals surface area contributed by atoms with Crippen molar-refractivity contribution in [2.75, 3.05) is 18.9 Å². The maximum absolute atomic E-state index is 12.4. The van der Waals surface area contributed by atoms with E-state index in [0.717, 1.165) is 12.2 Å². The van der Waals surface area contributed by atoms with Crippen LogP contribution in [0.3, 0.4) is 0 Å². The average Bonchev–Trinajstić information content (AvgIpc) is 2.97. The molecule has 0 aliphatic heterocycles. The Kier molecular flexibility index (Phi) is 5.33. The van der Waals surface area contributed by atoms with Crippen molar-refractivity contribution in [1.29, 1.82) is 0 Å². The molecular weight excluding hydrogens is 282 g/mol. The van der Waals surface area contributed by atoms with Crippen molar-refractivity contribution in [3.8, 4) is 0 Å². The molecule has 0 unspecified atom stereocenters. The highest BCUT2D eigenvalue weighted by Gasteiger charge is 2.13. The van der Waals surface area contributed by atoms with Gasteiger partial charge in [0.15, 0.2) is 0 Å². The number of hydrogen-bond acceptors (Lipinski definition) is 4. The number of hydrogen-bond donors (Lipinski definition) is 1. The predicted molar refractivity (Wildman–Crippen MR) is 88.0 cm³/mol. The lowest BCUT2D eigenvalue weighted by molar-refractivity contribution is 0.0791. The predicted octanol–water partition coefficient (Wildman–Crippen LogP) is 3.28. The van der Waals surface area contributed by atoms with Crippen molar-refractivity contribution in [3.63, 3.8) is 0 Å². The second-order valence-corrected chi connectivity index (χ2v) is 6.30. The summed E-state index contributed by atoms with van der Waals surface area (Å²) in [6.07, 6.45) is 0.879. The zero-order chi connectivity index (χ0) is 15.2. The van der Waals surface area contributed by atoms with Crippen molar-refractivity contribution in [3.05, 3.63) is 46.3 Å². The summed E-state index contributed by atoms with van der Waals surface area (Å²) in [6.45, 7) is 4.79. The number of carbonyl (C=O) groups excluding carboxylic acids is 1. The van der Waals surface area contributed by atoms with Gasteiger partial charge in [0, 0.05) is 24.5 Å². The minimum Gasteiger partial charge on any atom is -0.368 e. The molecule has 0 aliphatic carbocycles. The summed E-state index contributed by atoms with van der Waals surface area (Å²) in [5.74, 6) is 0.696. The minimum atomic E-state index is -0.0426. The number of likely N-dealkylation sites (N-methyl/N-ethyl adjacent to an activating group) is 1. The van der Waals surface area contributed by atoms with Crippen LogP contribution >= 0.6 is 11.3 Å². The Hall–Kier alpha value is -1.88. The zero-order valence-electron chi connectivity index (χ0n) is 12.7. The van der Waals surface area contributed by atoms with Gasteiger partial charge in [-0.1, -0.05) is 12.1 Å². The SMILES string of the molecule is CC(C)Nc1cccc(C(=O)N(C)CCc2cccs2)n1. The van der Waals surface area contributed by atoms with Crippen molar-refractivity contribution in [2.45, 2.75) is 26.3 Å². The van der Waals surface area contributed by atoms with Gasteiger partial charge in [-0.15, -0.1) is 11.3 Å². The summed E-state index contributed by atoms with van der Waals surface area (Å²) in [6, 6.07) is 9.91. The molecular formula is C16H21N3OS. The second kappa shape index (κ2) is 7.22. The molecule has 5 heteroatoms. The van der Waals surface area contributed by atoms with E-state index in [1.54, 1.807) is 22.3 Å². The quantitative estimate of drug-likeness (QED) is 0.891. The van der Waals surface area contributed by atoms with Crippen LogP contribution in [-0.4, -0.2) is 35.4 Å². The molecule has 0 spiro atoms. The molecule has 1 N–H and O–H groups in total. The van der Waals surface area contributed by atoms with Crippen LogP contribution in [0.25, 0.3) is 0 Å². The molecule has 0 bridgehead atoms. The number of carbonyl (C=O) groups is 1. The Bertz CT molecular complexity index is 581. The normalized spacial score (nSPS) is 10.7. The van der Waals surface area contributed by atoms with E-state index in [0.29, 0.717) is 18.3 Å². The van der Waals surface area contributed by atoms with Gasteiger partial charge in [0.2, 0.25) is 0 Å². The molecule has 2 aromatic heterocycles. The Morgan fingerprint density at radius 1 is 1.33 bits per heavy atom. The third-order valence-corrected chi connectivity index (χ3v) is 3.96. The summed E-state index contributed by atoms with van der Waals surface area (Å²) in [4.78, 5) is 19.8. The van der Waals surface area contributed by atoms with Gasteiger partial charge >= 0.3 is 0 Å². The highest BCUT2D eigenvalue weighted by atomic mass is 32.1. The number of nitrogens with zero attached hydrogens (tertiary/aromatic N) is 2. The molecule has 2 rings (SSSR count). The molecule has 0 atom stereocenters. The smallest absolute Gasteiger partial charge is 0.272 e. The van der Waals surface area contributed by atoms with Gasteiger partial charge in [-0.3, -0.25) is 4.79 Å². The maximum Gasteiger partial charge on any atom is 0.272 e. The van der Waals surface area contributed by atoms with E-state index in [1.165, 1.54) is 4.88 Å². The van der Waals surface area contributed by atoms with Crippen LogP contribution in [-0.2, 0) is 6.42 Å². The number of nitrogens with one attached hydrogen (secondary N) is 1. The second-order valence-electron chi connectivity index (χ2n) is 5.26. The van der Waals surface area contributed by atoms with Crippen LogP contribution in [0.1, 0.15) is 29.2 Å². The van der Waals surface area contributed by atoms with Gasteiger partial charge in [0.25, 0.3) is 5.91 Å². The first-order chi connectivity index (χ1) is 10.1. The summed E-state index contributed by atoms with van der Waals surface area (Å²) in [7, 11) is 1.82. The molecule has 21 heavy (non-hydrogen) atoms. The molecule has 2 heterocycles. The average molecular weight is 303 g/mol. The van der Waals surface area contributed by atoms with Crippen LogP contribution in [0.2, 0.25) is 0 Å². The first-order valence-electron chi connectivity index (χ1n) is 7.07. The van der Waals surface area contributed by atoms with Crippen molar-refractivity contribution in [1.82, 2.24) is 9.88 Å². The van der Waals surface area contributed by atoms with E-state index >= 15 is 0 Å². The van der Waals surface area contributed by atoms with Crippen molar-refractivity contribution in [2.24, 2.45) is 0 Å². The number of aromatic nitrogens is 1. The van der Waals surface area contributed by atoms with E-state index in [9.17, 15) is 4.79 Å². The largest absolute Gasteiger partial charge is 0.368 e. The molecule has 2 aromatic rings. The van der Waals surface area contributed by atoms with Gasteiger partial charge in [0.1, 0.15) is 11.5 Å². The van der Waals surface area contributed by atoms with Crippen molar-refractivity contribution < 1.29 is 4.79 Å². The van der Waals surface area contributed by atoms with Gasteiger partial charge in [-0.05, 0) is 43.8 Å². The Morgan fingerprint density at radius 3 is 2.81 bits per heavy atom. The van der Waals surface area contributed by atoms with Crippen LogP contribution in [0.5, 0.6) is 0 Å². The van der Waals surface area contributed by atoms with Crippen LogP contribution in [0, 0.1) is 0 Å². The standard InChI is InChI=1S/C16H21N3OS/c1-12(2)17-15-8-4-7-14(18-15)16(20)19(3)10-9-13-6-5-11-21-13/h4-8,11-12H,9-10H2,1-3H3,(H,17,18). The Labute approximate surface area is 129 Å². The number of anilines is 1. The van der Waals surface area contributed by atoms with Crippen LogP contribution in [0.4, 0.5) is 5.82 Å². The monoisotopic (exact) mass is 303 g/mol. The molecule has 0 radical (unpaired) electrons. The summed E-state index contributed by atoms with van der Waals surface area (Å²) >= 11 is 1.72. The Morgan fingerprint density at radius 2 is 2.14 bits per heavy atom. The number of thiophene rings is 1. The molecule has 1 amide bonds. The van der Waals surface area contributed by atoms with Gasteiger partial charge < -0.3 is 10.2 Å². The maximum atomic E-state index is 12.4. The van der Waals surface area contributed by atoms with E-state index in [4.69, 9.17) is 0 Å². The third kappa shape index (κ3) is 4.56. The van der Waals surface area contributed by atoms with Crippen LogP contribution in [0.15, 0.2) is 35.7 Å². The highest BCUT2D eigenvalue weighted by molar-refractivity contribution is 7.09. The van der Waals surface area contributed by atoms with E-state index in [1.807, 2.05) is 39.1 Å². The Balaban J connectivity index is 1.98. The lowest BCUT2D eigenvalue weighted by atomic mass is 10.2. The van der Waals surface area contributed by atoms with Gasteiger partial charge in [0.05, 0.1) is 0 Å². The van der Waals surface area contributed by atoms with E-state index in [-0.39, 0.29) is 5.91 Å². The molecule has 0 saturated carbocycles. The molecule has 0 fully saturated rings. The lowest BCUT2D eigenvalue weighted by Crippen LogP contribution is -2.29. The summed E-state index contributed by atoms with van der Waals surface area (Å²) < 4.78 is 0. The number of rotatable bonds is 6. The topological polar surface area (TPSA) is 45.2 Å². The fourth-order valence-electron chi connectivity index (χ4n) is 1.96. The van der Waals surface area contributed by atoms with Gasteiger partial charge in [-0.25, -0.2) is 4.98 Å². The van der Waals surface area contributed by atoms with Gasteiger partial charge in [-0.2, -0.15) is 0 Å². The van der Waals surface area contributed by atoms with E-state index in [2.05, 4.69) is 21.7 Å². The zero-order valence-corrected chi connectivity index (χ0v) is 13.5. The minimum absolute atomic E-state index is 0.0426. The molecule has 112 valence electrons. The first-order valence-corrected chi connectivity index (χ1v) is 7.95. The van der Waals surface area contributed by atoms with Crippen LogP contribution < -0.4 is 5.32 Å².